The lowest BCUT2D eigenvalue weighted by Gasteiger charge is -2.62. The van der Waals surface area contributed by atoms with Crippen LogP contribution in [0.25, 0.3) is 0 Å². The summed E-state index contributed by atoms with van der Waals surface area (Å²) in [6.07, 6.45) is 7.37. The van der Waals surface area contributed by atoms with Gasteiger partial charge in [0.05, 0.1) is 18.3 Å². The van der Waals surface area contributed by atoms with E-state index in [9.17, 15) is 15.3 Å². The lowest BCUT2D eigenvalue weighted by molar-refractivity contribution is -0.197. The van der Waals surface area contributed by atoms with Crippen LogP contribution < -0.4 is 0 Å². The van der Waals surface area contributed by atoms with Crippen LogP contribution >= 0.6 is 0 Å². The zero-order valence-corrected chi connectivity index (χ0v) is 14.0. The summed E-state index contributed by atoms with van der Waals surface area (Å²) in [5.41, 5.74) is 0.230. The van der Waals surface area contributed by atoms with E-state index in [1.807, 2.05) is 0 Å². The number of rotatable bonds is 0. The number of aliphatic hydroxyl groups is 3. The van der Waals surface area contributed by atoms with Crippen LogP contribution in [-0.2, 0) is 0 Å². The van der Waals surface area contributed by atoms with Crippen LogP contribution in [0, 0.1) is 34.5 Å². The molecule has 4 rings (SSSR count). The van der Waals surface area contributed by atoms with E-state index >= 15 is 0 Å². The van der Waals surface area contributed by atoms with Crippen molar-refractivity contribution in [3.8, 4) is 0 Å². The van der Waals surface area contributed by atoms with E-state index < -0.39 is 0 Å². The summed E-state index contributed by atoms with van der Waals surface area (Å²) in [5.74, 6) is 1.71. The molecule has 0 aromatic rings. The SMILES string of the molecule is C[C@]12CC[C@@H](O)C[C@H]1C[C@@H](O)[C@@H]1[C@@H]2C[C@H](O)[C@]2(C)CCC[C@@H]12. The average Bonchev–Trinajstić information content (AvgIpc) is 2.85. The molecule has 0 aromatic heterocycles. The molecule has 0 spiro atoms. The molecule has 4 aliphatic carbocycles. The van der Waals surface area contributed by atoms with E-state index in [0.29, 0.717) is 23.7 Å². The smallest absolute Gasteiger partial charge is 0.0599 e. The second-order valence-electron chi connectivity index (χ2n) is 9.37. The first-order chi connectivity index (χ1) is 10.4. The molecule has 3 heteroatoms. The highest BCUT2D eigenvalue weighted by Gasteiger charge is 2.62. The second kappa shape index (κ2) is 4.94. The zero-order valence-electron chi connectivity index (χ0n) is 14.0. The fourth-order valence-corrected chi connectivity index (χ4v) is 7.16. The molecule has 3 nitrogen and oxygen atoms in total. The highest BCUT2D eigenvalue weighted by Crippen LogP contribution is 2.66. The standard InChI is InChI=1S/C19H32O3/c1-18-7-5-12(20)8-11(18)9-15(21)17-13-4-3-6-19(13,2)16(22)10-14(17)18/h11-17,20-22H,3-10H2,1-2H3/t11-,12+,13-,14-,15+,16-,17-,18-,19+/m0/s1. The Morgan fingerprint density at radius 1 is 0.818 bits per heavy atom. The van der Waals surface area contributed by atoms with E-state index in [4.69, 9.17) is 0 Å². The molecule has 22 heavy (non-hydrogen) atoms. The molecule has 0 saturated heterocycles. The summed E-state index contributed by atoms with van der Waals surface area (Å²) in [6.45, 7) is 4.65. The Bertz CT molecular complexity index is 452. The lowest BCUT2D eigenvalue weighted by atomic mass is 9.44. The van der Waals surface area contributed by atoms with Crippen molar-refractivity contribution in [1.29, 1.82) is 0 Å². The van der Waals surface area contributed by atoms with Crippen molar-refractivity contribution in [2.75, 3.05) is 0 Å². The molecule has 0 amide bonds. The number of fused-ring (bicyclic) bond motifs is 5. The van der Waals surface area contributed by atoms with Gasteiger partial charge in [0.1, 0.15) is 0 Å². The second-order valence-corrected chi connectivity index (χ2v) is 9.37. The summed E-state index contributed by atoms with van der Waals surface area (Å²) in [7, 11) is 0. The van der Waals surface area contributed by atoms with Gasteiger partial charge in [-0.15, -0.1) is 0 Å². The summed E-state index contributed by atoms with van der Waals surface area (Å²) in [4.78, 5) is 0. The van der Waals surface area contributed by atoms with Crippen molar-refractivity contribution in [3.63, 3.8) is 0 Å². The largest absolute Gasteiger partial charge is 0.393 e. The van der Waals surface area contributed by atoms with Crippen LogP contribution in [0.5, 0.6) is 0 Å². The molecule has 9 atom stereocenters. The molecule has 4 saturated carbocycles. The average molecular weight is 308 g/mol. The van der Waals surface area contributed by atoms with E-state index in [1.165, 1.54) is 12.8 Å². The van der Waals surface area contributed by atoms with Crippen molar-refractivity contribution in [1.82, 2.24) is 0 Å². The third kappa shape index (κ3) is 1.91. The van der Waals surface area contributed by atoms with Gasteiger partial charge in [0.15, 0.2) is 0 Å². The lowest BCUT2D eigenvalue weighted by Crippen LogP contribution is -2.61. The quantitative estimate of drug-likeness (QED) is 0.645. The molecule has 0 aromatic carbocycles. The summed E-state index contributed by atoms with van der Waals surface area (Å²) in [5, 5.41) is 31.9. The summed E-state index contributed by atoms with van der Waals surface area (Å²) >= 11 is 0. The minimum Gasteiger partial charge on any atom is -0.393 e. The maximum atomic E-state index is 10.9. The monoisotopic (exact) mass is 308 g/mol. The Kier molecular flexibility index (Phi) is 3.46. The Hall–Kier alpha value is -0.120. The van der Waals surface area contributed by atoms with Crippen LogP contribution in [-0.4, -0.2) is 33.6 Å². The molecule has 4 aliphatic rings. The first-order valence-corrected chi connectivity index (χ1v) is 9.40. The van der Waals surface area contributed by atoms with E-state index in [0.717, 1.165) is 38.5 Å². The van der Waals surface area contributed by atoms with Gasteiger partial charge < -0.3 is 15.3 Å². The minimum absolute atomic E-state index is 0.0273. The van der Waals surface area contributed by atoms with Gasteiger partial charge in [0.2, 0.25) is 0 Å². The zero-order chi connectivity index (χ0) is 15.7. The molecule has 3 N–H and O–H groups in total. The molecular weight excluding hydrogens is 276 g/mol. The summed E-state index contributed by atoms with van der Waals surface area (Å²) < 4.78 is 0. The topological polar surface area (TPSA) is 60.7 Å². The minimum atomic E-state index is -0.233. The molecule has 0 radical (unpaired) electrons. The van der Waals surface area contributed by atoms with Gasteiger partial charge in [-0.2, -0.15) is 0 Å². The van der Waals surface area contributed by atoms with Crippen LogP contribution in [0.4, 0.5) is 0 Å². The highest BCUT2D eigenvalue weighted by molar-refractivity contribution is 5.12. The summed E-state index contributed by atoms with van der Waals surface area (Å²) in [6, 6.07) is 0. The Morgan fingerprint density at radius 3 is 2.36 bits per heavy atom. The molecule has 0 heterocycles. The Labute approximate surface area is 134 Å². The van der Waals surface area contributed by atoms with Crippen molar-refractivity contribution in [2.45, 2.75) is 83.5 Å². The molecule has 0 bridgehead atoms. The first kappa shape index (κ1) is 15.4. The fourth-order valence-electron chi connectivity index (χ4n) is 7.16. The van der Waals surface area contributed by atoms with Gasteiger partial charge in [0.25, 0.3) is 0 Å². The van der Waals surface area contributed by atoms with Gasteiger partial charge in [-0.25, -0.2) is 0 Å². The number of aliphatic hydroxyl groups excluding tert-OH is 3. The van der Waals surface area contributed by atoms with Crippen molar-refractivity contribution in [3.05, 3.63) is 0 Å². The van der Waals surface area contributed by atoms with E-state index in [2.05, 4.69) is 13.8 Å². The predicted molar refractivity (Wildman–Crippen MR) is 85.1 cm³/mol. The third-order valence-electron chi connectivity index (χ3n) is 8.57. The van der Waals surface area contributed by atoms with E-state index in [1.54, 1.807) is 0 Å². The third-order valence-corrected chi connectivity index (χ3v) is 8.57. The Morgan fingerprint density at radius 2 is 1.59 bits per heavy atom. The number of hydrogen-bond donors (Lipinski definition) is 3. The van der Waals surface area contributed by atoms with Crippen molar-refractivity contribution >= 4 is 0 Å². The van der Waals surface area contributed by atoms with Crippen molar-refractivity contribution in [2.24, 2.45) is 34.5 Å². The van der Waals surface area contributed by atoms with Gasteiger partial charge >= 0.3 is 0 Å². The van der Waals surface area contributed by atoms with Crippen LogP contribution in [0.3, 0.4) is 0 Å². The molecular formula is C19H32O3. The van der Waals surface area contributed by atoms with Gasteiger partial charge in [-0.05, 0) is 79.4 Å². The number of hydrogen-bond acceptors (Lipinski definition) is 3. The first-order valence-electron chi connectivity index (χ1n) is 9.40. The van der Waals surface area contributed by atoms with Gasteiger partial charge in [0, 0.05) is 0 Å². The van der Waals surface area contributed by atoms with Crippen LogP contribution in [0.1, 0.15) is 65.2 Å². The molecule has 4 fully saturated rings. The van der Waals surface area contributed by atoms with Crippen LogP contribution in [0.2, 0.25) is 0 Å². The molecule has 0 aliphatic heterocycles. The van der Waals surface area contributed by atoms with Gasteiger partial charge in [-0.3, -0.25) is 0 Å². The van der Waals surface area contributed by atoms with E-state index in [-0.39, 0.29) is 29.1 Å². The Balaban J connectivity index is 1.70. The predicted octanol–water partition coefficient (Wildman–Crippen LogP) is 2.72. The van der Waals surface area contributed by atoms with Gasteiger partial charge in [-0.1, -0.05) is 20.3 Å². The van der Waals surface area contributed by atoms with Crippen LogP contribution in [0.15, 0.2) is 0 Å². The van der Waals surface area contributed by atoms with Crippen molar-refractivity contribution < 1.29 is 15.3 Å². The molecule has 0 unspecified atom stereocenters. The normalized spacial score (nSPS) is 61.2. The maximum Gasteiger partial charge on any atom is 0.0599 e. The highest BCUT2D eigenvalue weighted by atomic mass is 16.3. The fraction of sp³-hybridized carbons (Fsp3) is 1.00. The molecule has 126 valence electrons. The maximum absolute atomic E-state index is 10.9.